The number of likely N-dealkylation sites (N-methyl/N-ethyl adjacent to an activating group) is 1. The molecular weight excluding hydrogens is 220 g/mol. The molecule has 0 spiro atoms. The molecule has 2 heterocycles. The van der Waals surface area contributed by atoms with Crippen molar-refractivity contribution in [2.75, 3.05) is 40.0 Å². The van der Waals surface area contributed by atoms with E-state index in [1.54, 1.807) is 0 Å². The highest BCUT2D eigenvalue weighted by atomic mass is 16.5. The predicted molar refractivity (Wildman–Crippen MR) is 63.8 cm³/mol. The lowest BCUT2D eigenvalue weighted by molar-refractivity contribution is -0.151. The molecule has 2 unspecified atom stereocenters. The number of hydrogen-bond acceptors (Lipinski definition) is 4. The minimum Gasteiger partial charge on any atom is -0.379 e. The number of morpholine rings is 1. The number of rotatable bonds is 2. The summed E-state index contributed by atoms with van der Waals surface area (Å²) in [4.78, 5) is 14.5. The zero-order valence-electron chi connectivity index (χ0n) is 10.9. The molecule has 0 aromatic heterocycles. The Labute approximate surface area is 102 Å². The van der Waals surface area contributed by atoms with Gasteiger partial charge in [0.25, 0.3) is 0 Å². The first kappa shape index (κ1) is 12.8. The number of hydrogen-bond donors (Lipinski definition) is 1. The van der Waals surface area contributed by atoms with E-state index in [4.69, 9.17) is 9.47 Å². The van der Waals surface area contributed by atoms with Crippen molar-refractivity contribution in [3.05, 3.63) is 0 Å². The number of nitrogens with one attached hydrogen (secondary N) is 1. The van der Waals surface area contributed by atoms with Crippen LogP contribution in [0.4, 0.5) is 0 Å². The molecule has 0 aromatic rings. The van der Waals surface area contributed by atoms with Crippen molar-refractivity contribution in [3.8, 4) is 0 Å². The van der Waals surface area contributed by atoms with E-state index in [1.807, 2.05) is 25.8 Å². The number of ether oxygens (including phenoxy) is 2. The molecule has 5 heteroatoms. The van der Waals surface area contributed by atoms with Crippen LogP contribution in [0, 0.1) is 5.92 Å². The summed E-state index contributed by atoms with van der Waals surface area (Å²) in [5.41, 5.74) is -0.212. The molecule has 0 radical (unpaired) electrons. The molecule has 98 valence electrons. The van der Waals surface area contributed by atoms with Gasteiger partial charge in [-0.25, -0.2) is 0 Å². The average molecular weight is 242 g/mol. The lowest BCUT2D eigenvalue weighted by Gasteiger charge is -2.43. The van der Waals surface area contributed by atoms with Gasteiger partial charge in [-0.3, -0.25) is 4.79 Å². The van der Waals surface area contributed by atoms with E-state index in [0.717, 1.165) is 0 Å². The quantitative estimate of drug-likeness (QED) is 0.732. The first-order valence-electron chi connectivity index (χ1n) is 6.20. The largest absolute Gasteiger partial charge is 0.379 e. The van der Waals surface area contributed by atoms with Crippen molar-refractivity contribution in [1.29, 1.82) is 0 Å². The van der Waals surface area contributed by atoms with E-state index in [1.165, 1.54) is 0 Å². The van der Waals surface area contributed by atoms with E-state index in [-0.39, 0.29) is 23.4 Å². The molecule has 1 N–H and O–H groups in total. The molecule has 2 aliphatic rings. The van der Waals surface area contributed by atoms with Gasteiger partial charge in [0.05, 0.1) is 37.9 Å². The summed E-state index contributed by atoms with van der Waals surface area (Å²) < 4.78 is 10.8. The fourth-order valence-electron chi connectivity index (χ4n) is 2.55. The smallest absolute Gasteiger partial charge is 0.230 e. The van der Waals surface area contributed by atoms with Crippen molar-refractivity contribution >= 4 is 5.91 Å². The van der Waals surface area contributed by atoms with Crippen LogP contribution in [0.25, 0.3) is 0 Å². The minimum absolute atomic E-state index is 0.0580. The second-order valence-electron chi connectivity index (χ2n) is 5.39. The van der Waals surface area contributed by atoms with Gasteiger partial charge in [-0.05, 0) is 20.9 Å². The Hall–Kier alpha value is -0.650. The standard InChI is InChI=1S/C12H22N2O3/c1-12(2)8-16-5-4-14(12)11(15)9-6-17-7-10(9)13-3/h9-10,13H,4-8H2,1-3H3. The summed E-state index contributed by atoms with van der Waals surface area (Å²) in [5, 5.41) is 3.16. The third kappa shape index (κ3) is 2.46. The molecule has 0 aliphatic carbocycles. The second-order valence-corrected chi connectivity index (χ2v) is 5.39. The molecule has 2 fully saturated rings. The fourth-order valence-corrected chi connectivity index (χ4v) is 2.55. The van der Waals surface area contributed by atoms with Gasteiger partial charge >= 0.3 is 0 Å². The minimum atomic E-state index is -0.212. The van der Waals surface area contributed by atoms with Crippen LogP contribution in [0.5, 0.6) is 0 Å². The van der Waals surface area contributed by atoms with Crippen molar-refractivity contribution in [3.63, 3.8) is 0 Å². The SMILES string of the molecule is CNC1COCC1C(=O)N1CCOCC1(C)C. The van der Waals surface area contributed by atoms with E-state index >= 15 is 0 Å². The van der Waals surface area contributed by atoms with Crippen LogP contribution in [-0.2, 0) is 14.3 Å². The van der Waals surface area contributed by atoms with E-state index in [9.17, 15) is 4.79 Å². The number of carbonyl (C=O) groups is 1. The molecule has 2 atom stereocenters. The van der Waals surface area contributed by atoms with E-state index in [0.29, 0.717) is 33.0 Å². The first-order valence-corrected chi connectivity index (χ1v) is 6.20. The molecule has 0 aromatic carbocycles. The maximum Gasteiger partial charge on any atom is 0.230 e. The molecule has 0 bridgehead atoms. The molecule has 17 heavy (non-hydrogen) atoms. The van der Waals surface area contributed by atoms with Gasteiger partial charge in [-0.1, -0.05) is 0 Å². The first-order chi connectivity index (χ1) is 8.06. The summed E-state index contributed by atoms with van der Waals surface area (Å²) in [5.74, 6) is 0.132. The Kier molecular flexibility index (Phi) is 3.70. The Morgan fingerprint density at radius 2 is 2.12 bits per heavy atom. The van der Waals surface area contributed by atoms with Gasteiger partial charge in [0.2, 0.25) is 5.91 Å². The Balaban J connectivity index is 2.08. The van der Waals surface area contributed by atoms with Crippen LogP contribution >= 0.6 is 0 Å². The van der Waals surface area contributed by atoms with Gasteiger partial charge in [0.1, 0.15) is 0 Å². The van der Waals surface area contributed by atoms with Crippen LogP contribution in [0.3, 0.4) is 0 Å². The van der Waals surface area contributed by atoms with Gasteiger partial charge in [0.15, 0.2) is 0 Å². The van der Waals surface area contributed by atoms with E-state index in [2.05, 4.69) is 5.32 Å². The number of carbonyl (C=O) groups excluding carboxylic acids is 1. The molecule has 2 aliphatic heterocycles. The molecule has 2 saturated heterocycles. The average Bonchev–Trinajstić information content (AvgIpc) is 2.75. The summed E-state index contributed by atoms with van der Waals surface area (Å²) in [6.45, 7) is 7.17. The third-order valence-electron chi connectivity index (χ3n) is 3.68. The van der Waals surface area contributed by atoms with Crippen LogP contribution < -0.4 is 5.32 Å². The van der Waals surface area contributed by atoms with Crippen LogP contribution in [-0.4, -0.2) is 62.4 Å². The monoisotopic (exact) mass is 242 g/mol. The van der Waals surface area contributed by atoms with Crippen molar-refractivity contribution in [2.45, 2.75) is 25.4 Å². The van der Waals surface area contributed by atoms with Crippen molar-refractivity contribution in [1.82, 2.24) is 10.2 Å². The Morgan fingerprint density at radius 3 is 2.76 bits per heavy atom. The zero-order valence-corrected chi connectivity index (χ0v) is 10.9. The summed E-state index contributed by atoms with van der Waals surface area (Å²) >= 11 is 0. The van der Waals surface area contributed by atoms with Crippen molar-refractivity contribution in [2.24, 2.45) is 5.92 Å². The number of amides is 1. The maximum atomic E-state index is 12.5. The zero-order chi connectivity index (χ0) is 12.5. The Morgan fingerprint density at radius 1 is 1.35 bits per heavy atom. The van der Waals surface area contributed by atoms with Crippen LogP contribution in [0.1, 0.15) is 13.8 Å². The lowest BCUT2D eigenvalue weighted by Crippen LogP contribution is -2.58. The predicted octanol–water partition coefficient (Wildman–Crippen LogP) is -0.142. The highest BCUT2D eigenvalue weighted by molar-refractivity contribution is 5.81. The summed E-state index contributed by atoms with van der Waals surface area (Å²) in [7, 11) is 1.88. The fraction of sp³-hybridized carbons (Fsp3) is 0.917. The normalized spacial score (nSPS) is 32.8. The highest BCUT2D eigenvalue weighted by Gasteiger charge is 2.41. The Bertz CT molecular complexity index is 293. The van der Waals surface area contributed by atoms with Crippen molar-refractivity contribution < 1.29 is 14.3 Å². The van der Waals surface area contributed by atoms with Crippen LogP contribution in [0.15, 0.2) is 0 Å². The second kappa shape index (κ2) is 4.92. The van der Waals surface area contributed by atoms with Gasteiger partial charge in [0, 0.05) is 12.6 Å². The highest BCUT2D eigenvalue weighted by Crippen LogP contribution is 2.24. The summed E-state index contributed by atoms with van der Waals surface area (Å²) in [6, 6.07) is 0.140. The lowest BCUT2D eigenvalue weighted by atomic mass is 9.96. The van der Waals surface area contributed by atoms with E-state index < -0.39 is 0 Å². The number of nitrogens with zero attached hydrogens (tertiary/aromatic N) is 1. The maximum absolute atomic E-state index is 12.5. The molecule has 5 nitrogen and oxygen atoms in total. The molecular formula is C12H22N2O3. The van der Waals surface area contributed by atoms with Gasteiger partial charge < -0.3 is 19.7 Å². The molecule has 0 saturated carbocycles. The third-order valence-corrected chi connectivity index (χ3v) is 3.68. The van der Waals surface area contributed by atoms with Crippen LogP contribution in [0.2, 0.25) is 0 Å². The molecule has 1 amide bonds. The summed E-state index contributed by atoms with van der Waals surface area (Å²) in [6.07, 6.45) is 0. The van der Waals surface area contributed by atoms with Gasteiger partial charge in [-0.15, -0.1) is 0 Å². The van der Waals surface area contributed by atoms with Gasteiger partial charge in [-0.2, -0.15) is 0 Å². The topological polar surface area (TPSA) is 50.8 Å². The molecule has 2 rings (SSSR count).